The number of hydrogen-bond donors (Lipinski definition) is 1. The molecule has 88 valence electrons. The van der Waals surface area contributed by atoms with Crippen molar-refractivity contribution in [2.75, 3.05) is 19.7 Å². The monoisotopic (exact) mass is 259 g/mol. The zero-order valence-electron chi connectivity index (χ0n) is 8.96. The molecule has 0 unspecified atom stereocenters. The summed E-state index contributed by atoms with van der Waals surface area (Å²) in [6, 6.07) is 9.77. The average Bonchev–Trinajstić information content (AvgIpc) is 2.34. The van der Waals surface area contributed by atoms with E-state index in [1.807, 2.05) is 30.3 Å². The van der Waals surface area contributed by atoms with Gasteiger partial charge in [-0.25, -0.2) is 0 Å². The van der Waals surface area contributed by atoms with E-state index in [0.29, 0.717) is 18.2 Å². The van der Waals surface area contributed by atoms with Gasteiger partial charge in [0, 0.05) is 17.1 Å². The van der Waals surface area contributed by atoms with Crippen LogP contribution in [0.2, 0.25) is 0 Å². The largest absolute Gasteiger partial charge is 0.494 e. The third-order valence-electron chi connectivity index (χ3n) is 1.92. The molecule has 0 heterocycles. The van der Waals surface area contributed by atoms with Crippen LogP contribution in [0.15, 0.2) is 40.9 Å². The molecule has 1 N–H and O–H groups in total. The van der Waals surface area contributed by atoms with Gasteiger partial charge in [-0.2, -0.15) is 0 Å². The Hall–Kier alpha value is -0.700. The molecular formula is C12H15Cl2NO. The van der Waals surface area contributed by atoms with Gasteiger partial charge >= 0.3 is 0 Å². The number of rotatable bonds is 7. The summed E-state index contributed by atoms with van der Waals surface area (Å²) < 4.78 is 5.53. The summed E-state index contributed by atoms with van der Waals surface area (Å²) in [7, 11) is 0. The lowest BCUT2D eigenvalue weighted by Crippen LogP contribution is -2.18. The van der Waals surface area contributed by atoms with Crippen molar-refractivity contribution < 1.29 is 4.74 Å². The first-order valence-electron chi connectivity index (χ1n) is 5.16. The van der Waals surface area contributed by atoms with Crippen LogP contribution in [-0.4, -0.2) is 19.7 Å². The van der Waals surface area contributed by atoms with Crippen molar-refractivity contribution >= 4 is 23.2 Å². The fourth-order valence-corrected chi connectivity index (χ4v) is 1.32. The van der Waals surface area contributed by atoms with E-state index in [9.17, 15) is 0 Å². The van der Waals surface area contributed by atoms with E-state index in [4.69, 9.17) is 27.9 Å². The average molecular weight is 260 g/mol. The molecule has 0 bridgehead atoms. The Balaban J connectivity index is 2.01. The van der Waals surface area contributed by atoms with Gasteiger partial charge in [-0.1, -0.05) is 41.4 Å². The van der Waals surface area contributed by atoms with Gasteiger partial charge in [0.25, 0.3) is 0 Å². The minimum atomic E-state index is 0.608. The van der Waals surface area contributed by atoms with Gasteiger partial charge in [0.05, 0.1) is 6.61 Å². The molecule has 0 saturated heterocycles. The van der Waals surface area contributed by atoms with Crippen molar-refractivity contribution in [3.05, 3.63) is 40.9 Å². The fourth-order valence-electron chi connectivity index (χ4n) is 1.15. The third kappa shape index (κ3) is 6.01. The van der Waals surface area contributed by atoms with Crippen molar-refractivity contribution in [1.82, 2.24) is 5.32 Å². The lowest BCUT2D eigenvalue weighted by Gasteiger charge is -2.06. The first-order valence-corrected chi connectivity index (χ1v) is 5.97. The molecule has 16 heavy (non-hydrogen) atoms. The molecule has 0 spiro atoms. The van der Waals surface area contributed by atoms with Crippen molar-refractivity contribution in [1.29, 1.82) is 0 Å². The van der Waals surface area contributed by atoms with Crippen LogP contribution in [0.4, 0.5) is 0 Å². The van der Waals surface area contributed by atoms with Gasteiger partial charge in [0.1, 0.15) is 5.75 Å². The van der Waals surface area contributed by atoms with Gasteiger partial charge in [-0.3, -0.25) is 0 Å². The molecule has 0 aromatic heterocycles. The molecule has 4 heteroatoms. The van der Waals surface area contributed by atoms with Crippen LogP contribution in [0.5, 0.6) is 5.75 Å². The summed E-state index contributed by atoms with van der Waals surface area (Å²) in [6.45, 7) is 2.16. The zero-order valence-corrected chi connectivity index (χ0v) is 10.5. The SMILES string of the molecule is ClC=C(Cl)CNCCCOc1ccccc1. The Kier molecular flexibility index (Phi) is 7.06. The molecule has 0 radical (unpaired) electrons. The highest BCUT2D eigenvalue weighted by atomic mass is 35.5. The summed E-state index contributed by atoms with van der Waals surface area (Å²) in [5.74, 6) is 0.904. The number of para-hydroxylation sites is 1. The van der Waals surface area contributed by atoms with Crippen LogP contribution in [0, 0.1) is 0 Å². The van der Waals surface area contributed by atoms with Gasteiger partial charge < -0.3 is 10.1 Å². The van der Waals surface area contributed by atoms with E-state index in [0.717, 1.165) is 18.7 Å². The molecule has 0 aliphatic carbocycles. The molecule has 0 amide bonds. The minimum Gasteiger partial charge on any atom is -0.494 e. The number of ether oxygens (including phenoxy) is 1. The van der Waals surface area contributed by atoms with Gasteiger partial charge in [-0.15, -0.1) is 0 Å². The smallest absolute Gasteiger partial charge is 0.119 e. The van der Waals surface area contributed by atoms with Crippen molar-refractivity contribution in [3.8, 4) is 5.75 Å². The van der Waals surface area contributed by atoms with E-state index in [1.165, 1.54) is 5.54 Å². The molecular weight excluding hydrogens is 245 g/mol. The standard InChI is InChI=1S/C12H15Cl2NO/c13-9-11(14)10-15-7-4-8-16-12-5-2-1-3-6-12/h1-3,5-6,9,15H,4,7-8,10H2. The molecule has 1 rings (SSSR count). The Morgan fingerprint density at radius 3 is 2.75 bits per heavy atom. The number of hydrogen-bond acceptors (Lipinski definition) is 2. The first-order chi connectivity index (χ1) is 7.83. The predicted octanol–water partition coefficient (Wildman–Crippen LogP) is 3.36. The topological polar surface area (TPSA) is 21.3 Å². The van der Waals surface area contributed by atoms with Gasteiger partial charge in [0.15, 0.2) is 0 Å². The summed E-state index contributed by atoms with van der Waals surface area (Å²) in [4.78, 5) is 0. The normalized spacial score (nSPS) is 11.5. The Morgan fingerprint density at radius 2 is 2.06 bits per heavy atom. The predicted molar refractivity (Wildman–Crippen MR) is 69.2 cm³/mol. The van der Waals surface area contributed by atoms with Crippen molar-refractivity contribution in [2.24, 2.45) is 0 Å². The highest BCUT2D eigenvalue weighted by Crippen LogP contribution is 2.08. The Morgan fingerprint density at radius 1 is 1.31 bits per heavy atom. The highest BCUT2D eigenvalue weighted by molar-refractivity contribution is 6.36. The van der Waals surface area contributed by atoms with Crippen LogP contribution < -0.4 is 10.1 Å². The summed E-state index contributed by atoms with van der Waals surface area (Å²) in [5.41, 5.74) is 1.37. The number of benzene rings is 1. The van der Waals surface area contributed by atoms with E-state index < -0.39 is 0 Å². The molecule has 1 aromatic rings. The second kappa shape index (κ2) is 8.45. The summed E-state index contributed by atoms with van der Waals surface area (Å²) in [5, 5.41) is 3.77. The van der Waals surface area contributed by atoms with E-state index in [-0.39, 0.29) is 0 Å². The van der Waals surface area contributed by atoms with Crippen molar-refractivity contribution in [3.63, 3.8) is 0 Å². The molecule has 2 nitrogen and oxygen atoms in total. The van der Waals surface area contributed by atoms with Gasteiger partial charge in [-0.05, 0) is 25.1 Å². The van der Waals surface area contributed by atoms with Crippen molar-refractivity contribution in [2.45, 2.75) is 6.42 Å². The fraction of sp³-hybridized carbons (Fsp3) is 0.333. The molecule has 1 aromatic carbocycles. The van der Waals surface area contributed by atoms with Crippen LogP contribution in [0.1, 0.15) is 6.42 Å². The zero-order chi connectivity index (χ0) is 11.6. The van der Waals surface area contributed by atoms with E-state index in [2.05, 4.69) is 5.32 Å². The summed E-state index contributed by atoms with van der Waals surface area (Å²) in [6.07, 6.45) is 0.932. The van der Waals surface area contributed by atoms with Crippen LogP contribution >= 0.6 is 23.2 Å². The van der Waals surface area contributed by atoms with Gasteiger partial charge in [0.2, 0.25) is 0 Å². The second-order valence-corrected chi connectivity index (χ2v) is 3.95. The first kappa shape index (κ1) is 13.4. The molecule has 0 saturated carbocycles. The minimum absolute atomic E-state index is 0.608. The van der Waals surface area contributed by atoms with Crippen LogP contribution in [-0.2, 0) is 0 Å². The molecule has 0 aliphatic heterocycles. The third-order valence-corrected chi connectivity index (χ3v) is 2.54. The summed E-state index contributed by atoms with van der Waals surface area (Å²) >= 11 is 11.1. The van der Waals surface area contributed by atoms with Crippen LogP contribution in [0.3, 0.4) is 0 Å². The second-order valence-electron chi connectivity index (χ2n) is 3.25. The maximum Gasteiger partial charge on any atom is 0.119 e. The quantitative estimate of drug-likeness (QED) is 0.759. The van der Waals surface area contributed by atoms with Crippen LogP contribution in [0.25, 0.3) is 0 Å². The maximum atomic E-state index is 5.71. The maximum absolute atomic E-state index is 5.71. The Labute approximate surface area is 106 Å². The molecule has 0 aliphatic rings. The van der Waals surface area contributed by atoms with E-state index in [1.54, 1.807) is 0 Å². The number of nitrogens with one attached hydrogen (secondary N) is 1. The Bertz CT molecular complexity index is 314. The molecule has 0 atom stereocenters. The lowest BCUT2D eigenvalue weighted by molar-refractivity contribution is 0.309. The van der Waals surface area contributed by atoms with E-state index >= 15 is 0 Å². The molecule has 0 fully saturated rings. The lowest BCUT2D eigenvalue weighted by atomic mass is 10.3. The number of halogens is 2. The highest BCUT2D eigenvalue weighted by Gasteiger charge is 1.93.